The standard InChI is InChI=1S/C17H18O3/c1-9-4-5-12-10(16(9)20)8-11-13(18)6-7-14(19)15(11)17(12,2)3/h4-9,12,18-19H,1-3H3/t9?,12-/m1/s1. The smallest absolute Gasteiger partial charge is 0.166 e. The molecule has 0 aromatic heterocycles. The maximum atomic E-state index is 12.4. The van der Waals surface area contributed by atoms with Crippen molar-refractivity contribution in [1.29, 1.82) is 0 Å². The van der Waals surface area contributed by atoms with Crippen LogP contribution in [0.2, 0.25) is 0 Å². The molecule has 20 heavy (non-hydrogen) atoms. The molecule has 0 fully saturated rings. The van der Waals surface area contributed by atoms with Crippen molar-refractivity contribution in [1.82, 2.24) is 0 Å². The molecule has 0 spiro atoms. The second-order valence-electron chi connectivity index (χ2n) is 6.23. The third kappa shape index (κ3) is 1.56. The molecule has 0 amide bonds. The monoisotopic (exact) mass is 270 g/mol. The first-order valence-electron chi connectivity index (χ1n) is 6.83. The molecule has 0 aliphatic heterocycles. The van der Waals surface area contributed by atoms with E-state index >= 15 is 0 Å². The highest BCUT2D eigenvalue weighted by Gasteiger charge is 2.43. The first-order chi connectivity index (χ1) is 9.34. The summed E-state index contributed by atoms with van der Waals surface area (Å²) in [6, 6.07) is 2.97. The Morgan fingerprint density at radius 1 is 1.10 bits per heavy atom. The van der Waals surface area contributed by atoms with Gasteiger partial charge in [0.15, 0.2) is 5.78 Å². The minimum absolute atomic E-state index is 0.0635. The molecular weight excluding hydrogens is 252 g/mol. The zero-order valence-electron chi connectivity index (χ0n) is 11.8. The van der Waals surface area contributed by atoms with Crippen molar-refractivity contribution in [2.75, 3.05) is 0 Å². The molecule has 0 bridgehead atoms. The van der Waals surface area contributed by atoms with Crippen molar-refractivity contribution >= 4 is 11.9 Å². The number of hydrogen-bond acceptors (Lipinski definition) is 3. The summed E-state index contributed by atoms with van der Waals surface area (Å²) < 4.78 is 0. The van der Waals surface area contributed by atoms with Crippen molar-refractivity contribution in [2.45, 2.75) is 26.2 Å². The lowest BCUT2D eigenvalue weighted by atomic mass is 9.61. The number of ketones is 1. The summed E-state index contributed by atoms with van der Waals surface area (Å²) >= 11 is 0. The maximum Gasteiger partial charge on any atom is 0.166 e. The molecule has 104 valence electrons. The van der Waals surface area contributed by atoms with E-state index in [0.29, 0.717) is 11.1 Å². The molecule has 2 aliphatic carbocycles. The van der Waals surface area contributed by atoms with E-state index in [0.717, 1.165) is 5.57 Å². The third-order valence-corrected chi connectivity index (χ3v) is 4.55. The zero-order chi connectivity index (χ0) is 14.7. The minimum Gasteiger partial charge on any atom is -0.508 e. The number of aromatic hydroxyl groups is 2. The van der Waals surface area contributed by atoms with Crippen LogP contribution >= 0.6 is 0 Å². The zero-order valence-corrected chi connectivity index (χ0v) is 11.8. The van der Waals surface area contributed by atoms with Crippen molar-refractivity contribution in [2.24, 2.45) is 11.8 Å². The van der Waals surface area contributed by atoms with Gasteiger partial charge in [-0.05, 0) is 18.2 Å². The van der Waals surface area contributed by atoms with Crippen LogP contribution in [0.15, 0.2) is 29.9 Å². The van der Waals surface area contributed by atoms with Gasteiger partial charge in [-0.15, -0.1) is 0 Å². The number of fused-ring (bicyclic) bond motifs is 2. The number of hydrogen-bond donors (Lipinski definition) is 2. The third-order valence-electron chi connectivity index (χ3n) is 4.55. The summed E-state index contributed by atoms with van der Waals surface area (Å²) in [6.45, 7) is 5.87. The summed E-state index contributed by atoms with van der Waals surface area (Å²) in [5.74, 6) is 0.170. The first kappa shape index (κ1) is 13.0. The van der Waals surface area contributed by atoms with Gasteiger partial charge in [0.05, 0.1) is 0 Å². The highest BCUT2D eigenvalue weighted by atomic mass is 16.3. The summed E-state index contributed by atoms with van der Waals surface area (Å²) in [6.07, 6.45) is 5.71. The number of benzene rings is 1. The van der Waals surface area contributed by atoms with E-state index in [9.17, 15) is 15.0 Å². The van der Waals surface area contributed by atoms with Crippen LogP contribution in [0, 0.1) is 11.8 Å². The molecule has 1 aromatic carbocycles. The number of Topliss-reactive ketones (excluding diaryl/α,β-unsaturated/α-hetero) is 1. The predicted octanol–water partition coefficient (Wildman–Crippen LogP) is 3.16. The molecule has 2 atom stereocenters. The van der Waals surface area contributed by atoms with Crippen LogP contribution in [-0.2, 0) is 10.2 Å². The van der Waals surface area contributed by atoms with Crippen LogP contribution < -0.4 is 0 Å². The molecule has 0 saturated heterocycles. The molecular formula is C17H18O3. The maximum absolute atomic E-state index is 12.4. The molecule has 2 aliphatic rings. The van der Waals surface area contributed by atoms with E-state index in [1.807, 2.05) is 32.9 Å². The average molecular weight is 270 g/mol. The molecule has 0 radical (unpaired) electrons. The normalized spacial score (nSPS) is 26.8. The Morgan fingerprint density at radius 3 is 2.45 bits per heavy atom. The molecule has 3 rings (SSSR count). The van der Waals surface area contributed by atoms with Crippen molar-refractivity contribution in [3.05, 3.63) is 41.0 Å². The average Bonchev–Trinajstić information content (AvgIpc) is 2.38. The lowest BCUT2D eigenvalue weighted by Gasteiger charge is -2.41. The molecule has 1 unspecified atom stereocenters. The van der Waals surface area contributed by atoms with Crippen LogP contribution in [0.5, 0.6) is 11.5 Å². The lowest BCUT2D eigenvalue weighted by molar-refractivity contribution is -0.118. The SMILES string of the molecule is CC1C=C[C@@H]2C(=Cc3c(O)ccc(O)c3C2(C)C)C1=O. The van der Waals surface area contributed by atoms with Gasteiger partial charge in [-0.3, -0.25) is 4.79 Å². The largest absolute Gasteiger partial charge is 0.508 e. The van der Waals surface area contributed by atoms with Gasteiger partial charge in [0.1, 0.15) is 11.5 Å². The van der Waals surface area contributed by atoms with Gasteiger partial charge in [-0.2, -0.15) is 0 Å². The van der Waals surface area contributed by atoms with E-state index in [2.05, 4.69) is 0 Å². The Bertz CT molecular complexity index is 665. The quantitative estimate of drug-likeness (QED) is 0.562. The second-order valence-corrected chi connectivity index (χ2v) is 6.23. The number of carbonyl (C=O) groups is 1. The Morgan fingerprint density at radius 2 is 1.75 bits per heavy atom. The van der Waals surface area contributed by atoms with Crippen molar-refractivity contribution < 1.29 is 15.0 Å². The fourth-order valence-corrected chi connectivity index (χ4v) is 3.41. The molecule has 0 heterocycles. The Balaban J connectivity index is 2.34. The molecule has 2 N–H and O–H groups in total. The molecule has 1 aromatic rings. The Labute approximate surface area is 118 Å². The fraction of sp³-hybridized carbons (Fsp3) is 0.353. The fourth-order valence-electron chi connectivity index (χ4n) is 3.41. The van der Waals surface area contributed by atoms with Crippen molar-refractivity contribution in [3.63, 3.8) is 0 Å². The first-order valence-corrected chi connectivity index (χ1v) is 6.83. The van der Waals surface area contributed by atoms with Crippen LogP contribution in [0.1, 0.15) is 31.9 Å². The van der Waals surface area contributed by atoms with Crippen LogP contribution in [0.4, 0.5) is 0 Å². The van der Waals surface area contributed by atoms with E-state index in [4.69, 9.17) is 0 Å². The van der Waals surface area contributed by atoms with Gasteiger partial charge in [-0.25, -0.2) is 0 Å². The van der Waals surface area contributed by atoms with E-state index in [1.165, 1.54) is 12.1 Å². The highest BCUT2D eigenvalue weighted by Crippen LogP contribution is 2.51. The van der Waals surface area contributed by atoms with Gasteiger partial charge < -0.3 is 10.2 Å². The van der Waals surface area contributed by atoms with Gasteiger partial charge in [0.25, 0.3) is 0 Å². The molecule has 3 heteroatoms. The van der Waals surface area contributed by atoms with Gasteiger partial charge >= 0.3 is 0 Å². The second kappa shape index (κ2) is 3.98. The van der Waals surface area contributed by atoms with Gasteiger partial charge in [0.2, 0.25) is 0 Å². The summed E-state index contributed by atoms with van der Waals surface area (Å²) in [7, 11) is 0. The van der Waals surface area contributed by atoms with E-state index in [1.54, 1.807) is 6.08 Å². The summed E-state index contributed by atoms with van der Waals surface area (Å²) in [4.78, 5) is 12.4. The van der Waals surface area contributed by atoms with Gasteiger partial charge in [-0.1, -0.05) is 32.9 Å². The van der Waals surface area contributed by atoms with Crippen LogP contribution in [0.25, 0.3) is 6.08 Å². The molecule has 3 nitrogen and oxygen atoms in total. The minimum atomic E-state index is -0.436. The van der Waals surface area contributed by atoms with E-state index in [-0.39, 0.29) is 29.1 Å². The van der Waals surface area contributed by atoms with E-state index < -0.39 is 5.41 Å². The predicted molar refractivity (Wildman–Crippen MR) is 77.6 cm³/mol. The summed E-state index contributed by atoms with van der Waals surface area (Å²) in [5, 5.41) is 20.2. The van der Waals surface area contributed by atoms with Crippen molar-refractivity contribution in [3.8, 4) is 11.5 Å². The number of carbonyl (C=O) groups excluding carboxylic acids is 1. The number of phenols is 2. The molecule has 0 saturated carbocycles. The Kier molecular flexibility index (Phi) is 2.58. The highest BCUT2D eigenvalue weighted by molar-refractivity contribution is 6.05. The van der Waals surface area contributed by atoms with Crippen LogP contribution in [-0.4, -0.2) is 16.0 Å². The number of rotatable bonds is 0. The topological polar surface area (TPSA) is 57.5 Å². The van der Waals surface area contributed by atoms with Crippen LogP contribution in [0.3, 0.4) is 0 Å². The number of allylic oxidation sites excluding steroid dienone is 3. The number of phenolic OH excluding ortho intramolecular Hbond substituents is 2. The Hall–Kier alpha value is -2.03. The lowest BCUT2D eigenvalue weighted by Crippen LogP contribution is -2.38. The summed E-state index contributed by atoms with van der Waals surface area (Å²) in [5.41, 5.74) is 1.56. The van der Waals surface area contributed by atoms with Gasteiger partial charge in [0, 0.05) is 34.0 Å².